The number of hydrogen-bond acceptors (Lipinski definition) is 10. The standard InChI is InChI=1S/C3H3O9P.2CH2O3.Ca/c4-1(5)10-13(11-2(6)7)12-3(8)9;2*2-1(3)4;/h(H,4,5)(H,6,7)(H,8,9);2*(H2,2,3,4);/q;;;+2/p-2. The minimum atomic E-state index is -2.98. The quantitative estimate of drug-likeness (QED) is 0.283. The summed E-state index contributed by atoms with van der Waals surface area (Å²) in [5, 5.41) is 54.5. The summed E-state index contributed by atoms with van der Waals surface area (Å²) in [6, 6.07) is 0. The van der Waals surface area contributed by atoms with E-state index < -0.39 is 39.4 Å². The van der Waals surface area contributed by atoms with Gasteiger partial charge in [0.05, 0.1) is 0 Å². The van der Waals surface area contributed by atoms with Gasteiger partial charge in [0.15, 0.2) is 0 Å². The molecule has 0 rings (SSSR count). The van der Waals surface area contributed by atoms with Gasteiger partial charge >= 0.3 is 64.8 Å². The average Bonchev–Trinajstić information content (AvgIpc) is 2.10. The van der Waals surface area contributed by atoms with E-state index >= 15 is 0 Å². The number of carbonyl (C=O) groups is 5. The summed E-state index contributed by atoms with van der Waals surface area (Å²) in [6.45, 7) is 0. The Morgan fingerprint density at radius 2 is 0.773 bits per heavy atom. The molecule has 0 amide bonds. The normalized spacial score (nSPS) is 7.50. The van der Waals surface area contributed by atoms with Gasteiger partial charge in [0.25, 0.3) is 0 Å². The molecule has 0 fully saturated rings. The second-order valence-electron chi connectivity index (χ2n) is 1.83. The van der Waals surface area contributed by atoms with Gasteiger partial charge in [-0.25, -0.2) is 14.4 Å². The van der Waals surface area contributed by atoms with Gasteiger partial charge in [0.2, 0.25) is 12.3 Å². The van der Waals surface area contributed by atoms with Crippen LogP contribution in [0.15, 0.2) is 0 Å². The van der Waals surface area contributed by atoms with Crippen molar-refractivity contribution in [3.8, 4) is 0 Å². The van der Waals surface area contributed by atoms with Gasteiger partial charge in [-0.2, -0.15) is 0 Å². The molecular weight excluding hydrogens is 371 g/mol. The van der Waals surface area contributed by atoms with Crippen molar-refractivity contribution in [2.24, 2.45) is 0 Å². The molecule has 0 aliphatic carbocycles. The zero-order chi connectivity index (χ0) is 17.6. The molecule has 5 N–H and O–H groups in total. The third-order valence-corrected chi connectivity index (χ3v) is 1.37. The van der Waals surface area contributed by atoms with Crippen LogP contribution in [-0.4, -0.2) is 94.0 Å². The molecule has 0 saturated carbocycles. The maximum atomic E-state index is 9.82. The predicted molar refractivity (Wildman–Crippen MR) is 56.1 cm³/mol. The summed E-state index contributed by atoms with van der Waals surface area (Å²) >= 11 is 0. The fourth-order valence-corrected chi connectivity index (χ4v) is 0.742. The third-order valence-electron chi connectivity index (χ3n) is 0.458. The molecule has 0 aliphatic rings. The Labute approximate surface area is 150 Å². The van der Waals surface area contributed by atoms with Crippen LogP contribution in [0.25, 0.3) is 0 Å². The van der Waals surface area contributed by atoms with Gasteiger partial charge in [-0.1, -0.05) is 0 Å². The van der Waals surface area contributed by atoms with E-state index in [0.29, 0.717) is 0 Å². The summed E-state index contributed by atoms with van der Waals surface area (Å²) in [4.78, 5) is 46.4. The van der Waals surface area contributed by atoms with E-state index in [1.165, 1.54) is 0 Å². The molecule has 0 spiro atoms. The van der Waals surface area contributed by atoms with Crippen LogP contribution in [0.4, 0.5) is 24.0 Å². The molecule has 0 aliphatic heterocycles. The Morgan fingerprint density at radius 1 is 0.636 bits per heavy atom. The molecule has 0 saturated heterocycles. The minimum Gasteiger partial charge on any atom is -0.565 e. The van der Waals surface area contributed by atoms with Crippen molar-refractivity contribution < 1.29 is 73.3 Å². The van der Waals surface area contributed by atoms with Gasteiger partial charge in [-0.15, -0.1) is 0 Å². The zero-order valence-corrected chi connectivity index (χ0v) is 13.1. The van der Waals surface area contributed by atoms with E-state index in [9.17, 15) is 14.4 Å². The maximum Gasteiger partial charge on any atom is 2.00 e. The van der Waals surface area contributed by atoms with E-state index in [4.69, 9.17) is 45.3 Å². The smallest absolute Gasteiger partial charge is 0.565 e. The van der Waals surface area contributed by atoms with Crippen LogP contribution in [0.2, 0.25) is 0 Å². The molecule has 0 aromatic carbocycles. The van der Waals surface area contributed by atoms with Crippen molar-refractivity contribution in [2.45, 2.75) is 0 Å². The van der Waals surface area contributed by atoms with Crippen LogP contribution in [0.5, 0.6) is 0 Å². The maximum absolute atomic E-state index is 9.82. The van der Waals surface area contributed by atoms with E-state index in [2.05, 4.69) is 13.6 Å². The van der Waals surface area contributed by atoms with Crippen molar-refractivity contribution in [3.05, 3.63) is 0 Å². The third kappa shape index (κ3) is 52.0. The second-order valence-corrected chi connectivity index (χ2v) is 2.82. The molecule has 122 valence electrons. The van der Waals surface area contributed by atoms with Crippen molar-refractivity contribution in [1.82, 2.24) is 0 Å². The zero-order valence-electron chi connectivity index (χ0n) is 9.97. The Hall–Kier alpha value is -1.96. The fourth-order valence-electron chi connectivity index (χ4n) is 0.247. The first kappa shape index (κ1) is 28.2. The first-order valence-electron chi connectivity index (χ1n) is 3.71. The topological polar surface area (TPSA) is 260 Å². The van der Waals surface area contributed by atoms with Gasteiger partial charge in [-0.05, 0) is 0 Å². The fraction of sp³-hybridized carbons (Fsp3) is 0. The van der Waals surface area contributed by atoms with Crippen LogP contribution in [0, 0.1) is 0 Å². The van der Waals surface area contributed by atoms with Crippen LogP contribution in [0.3, 0.4) is 0 Å². The van der Waals surface area contributed by atoms with E-state index in [0.717, 1.165) is 0 Å². The van der Waals surface area contributed by atoms with Crippen LogP contribution in [0.1, 0.15) is 0 Å². The number of carboxylic acid groups (broad SMARTS) is 7. The van der Waals surface area contributed by atoms with Crippen LogP contribution >= 0.6 is 8.60 Å². The molecule has 22 heavy (non-hydrogen) atoms. The van der Waals surface area contributed by atoms with E-state index in [-0.39, 0.29) is 37.7 Å². The van der Waals surface area contributed by atoms with Gasteiger partial charge < -0.3 is 58.9 Å². The summed E-state index contributed by atoms with van der Waals surface area (Å²) < 4.78 is 10.9. The monoisotopic (exact) mass is 376 g/mol. The average molecular weight is 376 g/mol. The van der Waals surface area contributed by atoms with Crippen LogP contribution in [-0.2, 0) is 13.6 Å². The molecule has 15 nitrogen and oxygen atoms in total. The largest absolute Gasteiger partial charge is 2.00 e. The molecule has 0 bridgehead atoms. The Morgan fingerprint density at radius 3 is 0.864 bits per heavy atom. The van der Waals surface area contributed by atoms with Gasteiger partial charge in [0, 0.05) is 0 Å². The minimum absolute atomic E-state index is 0. The predicted octanol–water partition coefficient (Wildman–Crippen LogP) is -1.31. The van der Waals surface area contributed by atoms with Crippen molar-refractivity contribution in [2.75, 3.05) is 0 Å². The van der Waals surface area contributed by atoms with E-state index in [1.807, 2.05) is 0 Å². The summed E-state index contributed by atoms with van der Waals surface area (Å²) in [7, 11) is -2.98. The Kier molecular flexibility index (Phi) is 21.9. The van der Waals surface area contributed by atoms with Crippen molar-refractivity contribution in [3.63, 3.8) is 0 Å². The second kappa shape index (κ2) is 17.1. The summed E-state index contributed by atoms with van der Waals surface area (Å²) in [5.41, 5.74) is 0. The van der Waals surface area contributed by atoms with Crippen molar-refractivity contribution >= 4 is 77.1 Å². The molecule has 0 aromatic heterocycles. The van der Waals surface area contributed by atoms with Crippen molar-refractivity contribution in [1.29, 1.82) is 0 Å². The Bertz CT molecular complexity index is 322. The number of rotatable bonds is 3. The number of hydrogen-bond donors (Lipinski definition) is 5. The summed E-state index contributed by atoms with van der Waals surface area (Å²) in [6.07, 6.45) is -9.89. The van der Waals surface area contributed by atoms with E-state index in [1.54, 1.807) is 0 Å². The molecule has 0 atom stereocenters. The SMILES string of the molecule is O=C(O)OP(OC(=O)O)OC(=O)O.O=C([O-])O.O=C([O-])O.[Ca+2]. The summed E-state index contributed by atoms with van der Waals surface area (Å²) in [5.74, 6) is 0. The molecule has 0 unspecified atom stereocenters. The Balaban J connectivity index is -0.000000150. The molecule has 0 heterocycles. The molecule has 0 radical (unpaired) electrons. The first-order chi connectivity index (χ1) is 9.38. The van der Waals surface area contributed by atoms with Gasteiger partial charge in [-0.3, -0.25) is 0 Å². The first-order valence-corrected chi connectivity index (χ1v) is 4.80. The van der Waals surface area contributed by atoms with Crippen LogP contribution < -0.4 is 10.2 Å². The molecule has 0 aromatic rings. The molecular formula is C5H5CaO15P. The van der Waals surface area contributed by atoms with Gasteiger partial charge in [0.1, 0.15) is 0 Å². The molecule has 17 heteroatoms.